The number of rotatable bonds is 3. The van der Waals surface area contributed by atoms with Crippen LogP contribution in [0.5, 0.6) is 0 Å². The third-order valence-corrected chi connectivity index (χ3v) is 2.45. The summed E-state index contributed by atoms with van der Waals surface area (Å²) in [6.45, 7) is 1.39. The van der Waals surface area contributed by atoms with Gasteiger partial charge in [-0.15, -0.1) is 0 Å². The lowest BCUT2D eigenvalue weighted by Gasteiger charge is -2.14. The minimum absolute atomic E-state index is 0.0131. The Hall–Kier alpha value is -1.29. The van der Waals surface area contributed by atoms with E-state index in [1.54, 1.807) is 11.2 Å². The predicted molar refractivity (Wildman–Crippen MR) is 51.6 cm³/mol. The van der Waals surface area contributed by atoms with Gasteiger partial charge in [0.25, 0.3) is 0 Å². The van der Waals surface area contributed by atoms with Crippen LogP contribution < -0.4 is 5.73 Å². The van der Waals surface area contributed by atoms with Gasteiger partial charge in [-0.3, -0.25) is 4.79 Å². The van der Waals surface area contributed by atoms with E-state index in [0.29, 0.717) is 19.5 Å². The van der Waals surface area contributed by atoms with Crippen LogP contribution in [0.4, 0.5) is 0 Å². The van der Waals surface area contributed by atoms with Crippen molar-refractivity contribution in [2.45, 2.75) is 18.9 Å². The smallest absolute Gasteiger partial charge is 0.224 e. The highest BCUT2D eigenvalue weighted by Crippen LogP contribution is 2.10. The largest absolute Gasteiger partial charge is 0.469 e. The molecular weight excluding hydrogens is 180 g/mol. The molecule has 2 heterocycles. The van der Waals surface area contributed by atoms with Crippen molar-refractivity contribution in [3.63, 3.8) is 0 Å². The van der Waals surface area contributed by atoms with Gasteiger partial charge < -0.3 is 15.1 Å². The summed E-state index contributed by atoms with van der Waals surface area (Å²) >= 11 is 0. The van der Waals surface area contributed by atoms with E-state index in [0.717, 1.165) is 12.2 Å². The van der Waals surface area contributed by atoms with Crippen LogP contribution in [0.15, 0.2) is 22.8 Å². The average Bonchev–Trinajstić information content (AvgIpc) is 2.72. The Bertz CT molecular complexity index is 308. The standard InChI is InChI=1S/C10H14N2O2/c11-8-6-10(13)12(7-8)4-3-9-2-1-5-14-9/h1-2,5,8H,3-4,6-7,11H2. The van der Waals surface area contributed by atoms with Crippen LogP contribution in [-0.4, -0.2) is 29.9 Å². The normalized spacial score (nSPS) is 21.9. The van der Waals surface area contributed by atoms with Gasteiger partial charge in [0.1, 0.15) is 5.76 Å². The summed E-state index contributed by atoms with van der Waals surface area (Å²) < 4.78 is 5.19. The molecule has 4 heteroatoms. The maximum absolute atomic E-state index is 11.4. The molecule has 0 saturated carbocycles. The molecule has 2 N–H and O–H groups in total. The van der Waals surface area contributed by atoms with Crippen molar-refractivity contribution >= 4 is 5.91 Å². The maximum Gasteiger partial charge on any atom is 0.224 e. The number of hydrogen-bond donors (Lipinski definition) is 1. The van der Waals surface area contributed by atoms with Crippen molar-refractivity contribution in [1.29, 1.82) is 0 Å². The van der Waals surface area contributed by atoms with Crippen LogP contribution in [0.25, 0.3) is 0 Å². The molecule has 14 heavy (non-hydrogen) atoms. The Morgan fingerprint density at radius 2 is 2.50 bits per heavy atom. The molecule has 1 unspecified atom stereocenters. The van der Waals surface area contributed by atoms with E-state index >= 15 is 0 Å². The first-order valence-corrected chi connectivity index (χ1v) is 4.81. The summed E-state index contributed by atoms with van der Waals surface area (Å²) in [5.41, 5.74) is 5.68. The van der Waals surface area contributed by atoms with E-state index < -0.39 is 0 Å². The zero-order valence-corrected chi connectivity index (χ0v) is 7.98. The van der Waals surface area contributed by atoms with Crippen molar-refractivity contribution < 1.29 is 9.21 Å². The Balaban J connectivity index is 1.84. The Morgan fingerprint density at radius 3 is 3.07 bits per heavy atom. The second kappa shape index (κ2) is 3.84. The lowest BCUT2D eigenvalue weighted by Crippen LogP contribution is -2.30. The van der Waals surface area contributed by atoms with Crippen LogP contribution in [0.1, 0.15) is 12.2 Å². The zero-order chi connectivity index (χ0) is 9.97. The van der Waals surface area contributed by atoms with Crippen LogP contribution >= 0.6 is 0 Å². The van der Waals surface area contributed by atoms with Crippen LogP contribution in [-0.2, 0) is 11.2 Å². The molecule has 1 atom stereocenters. The monoisotopic (exact) mass is 194 g/mol. The number of carbonyl (C=O) groups is 1. The Labute approximate surface area is 82.7 Å². The van der Waals surface area contributed by atoms with Crippen LogP contribution in [0.3, 0.4) is 0 Å². The maximum atomic E-state index is 11.4. The molecule has 0 spiro atoms. The van der Waals surface area contributed by atoms with Gasteiger partial charge in [-0.05, 0) is 12.1 Å². The quantitative estimate of drug-likeness (QED) is 0.756. The summed E-state index contributed by atoms with van der Waals surface area (Å²) in [6, 6.07) is 3.78. The van der Waals surface area contributed by atoms with Gasteiger partial charge in [0.05, 0.1) is 6.26 Å². The molecule has 0 aromatic carbocycles. The number of nitrogens with zero attached hydrogens (tertiary/aromatic N) is 1. The van der Waals surface area contributed by atoms with Gasteiger partial charge in [-0.2, -0.15) is 0 Å². The zero-order valence-electron chi connectivity index (χ0n) is 7.98. The molecule has 1 aliphatic rings. The minimum atomic E-state index is 0.0131. The van der Waals surface area contributed by atoms with Gasteiger partial charge in [-0.1, -0.05) is 0 Å². The van der Waals surface area contributed by atoms with E-state index in [-0.39, 0.29) is 11.9 Å². The lowest BCUT2D eigenvalue weighted by molar-refractivity contribution is -0.127. The van der Waals surface area contributed by atoms with E-state index in [9.17, 15) is 4.79 Å². The number of nitrogens with two attached hydrogens (primary N) is 1. The molecule has 0 bridgehead atoms. The molecule has 1 fully saturated rings. The molecule has 1 aromatic rings. The topological polar surface area (TPSA) is 59.5 Å². The first-order valence-electron chi connectivity index (χ1n) is 4.81. The highest BCUT2D eigenvalue weighted by Gasteiger charge is 2.26. The fraction of sp³-hybridized carbons (Fsp3) is 0.500. The summed E-state index contributed by atoms with van der Waals surface area (Å²) in [5.74, 6) is 1.07. The summed E-state index contributed by atoms with van der Waals surface area (Å²) in [7, 11) is 0. The van der Waals surface area contributed by atoms with E-state index in [4.69, 9.17) is 10.2 Å². The first kappa shape index (κ1) is 9.27. The minimum Gasteiger partial charge on any atom is -0.469 e. The molecule has 2 rings (SSSR count). The molecule has 1 aliphatic heterocycles. The second-order valence-electron chi connectivity index (χ2n) is 3.63. The van der Waals surface area contributed by atoms with Gasteiger partial charge in [0.15, 0.2) is 0 Å². The van der Waals surface area contributed by atoms with E-state index in [1.165, 1.54) is 0 Å². The Kier molecular flexibility index (Phi) is 2.54. The molecule has 0 radical (unpaired) electrons. The SMILES string of the molecule is NC1CC(=O)N(CCc2ccco2)C1. The van der Waals surface area contributed by atoms with Gasteiger partial charge in [0.2, 0.25) is 5.91 Å². The molecule has 1 saturated heterocycles. The summed E-state index contributed by atoms with van der Waals surface area (Å²) in [4.78, 5) is 13.2. The van der Waals surface area contributed by atoms with Crippen molar-refractivity contribution in [2.75, 3.05) is 13.1 Å². The van der Waals surface area contributed by atoms with Gasteiger partial charge in [0, 0.05) is 32.0 Å². The fourth-order valence-corrected chi connectivity index (χ4v) is 1.72. The van der Waals surface area contributed by atoms with Gasteiger partial charge >= 0.3 is 0 Å². The molecule has 1 aromatic heterocycles. The highest BCUT2D eigenvalue weighted by atomic mass is 16.3. The first-order chi connectivity index (χ1) is 6.75. The third-order valence-electron chi connectivity index (χ3n) is 2.45. The average molecular weight is 194 g/mol. The molecule has 4 nitrogen and oxygen atoms in total. The van der Waals surface area contributed by atoms with Crippen molar-refractivity contribution in [1.82, 2.24) is 4.90 Å². The number of amides is 1. The molecule has 1 amide bonds. The van der Waals surface area contributed by atoms with Gasteiger partial charge in [-0.25, -0.2) is 0 Å². The molecule has 0 aliphatic carbocycles. The Morgan fingerprint density at radius 1 is 1.64 bits per heavy atom. The summed E-state index contributed by atoms with van der Waals surface area (Å²) in [6.07, 6.45) is 2.90. The number of hydrogen-bond acceptors (Lipinski definition) is 3. The fourth-order valence-electron chi connectivity index (χ4n) is 1.72. The number of furan rings is 1. The lowest BCUT2D eigenvalue weighted by atomic mass is 10.3. The summed E-state index contributed by atoms with van der Waals surface area (Å²) in [5, 5.41) is 0. The molecule has 76 valence electrons. The second-order valence-corrected chi connectivity index (χ2v) is 3.63. The van der Waals surface area contributed by atoms with Crippen molar-refractivity contribution in [3.8, 4) is 0 Å². The number of carbonyl (C=O) groups excluding carboxylic acids is 1. The van der Waals surface area contributed by atoms with Crippen LogP contribution in [0.2, 0.25) is 0 Å². The van der Waals surface area contributed by atoms with Crippen molar-refractivity contribution in [2.24, 2.45) is 5.73 Å². The predicted octanol–water partition coefficient (Wildman–Crippen LogP) is 0.382. The third kappa shape index (κ3) is 1.96. The number of likely N-dealkylation sites (tertiary alicyclic amines) is 1. The van der Waals surface area contributed by atoms with E-state index in [1.807, 2.05) is 12.1 Å². The highest BCUT2D eigenvalue weighted by molar-refractivity contribution is 5.79. The van der Waals surface area contributed by atoms with Crippen LogP contribution in [0, 0.1) is 0 Å². The molecular formula is C10H14N2O2. The van der Waals surface area contributed by atoms with E-state index in [2.05, 4.69) is 0 Å². The van der Waals surface area contributed by atoms with Crippen molar-refractivity contribution in [3.05, 3.63) is 24.2 Å².